The SMILES string of the molecule is CCC(C)[C@H](c1cc(O)ccc1O)N1CCNCC1.Cl.Cl. The lowest BCUT2D eigenvalue weighted by Gasteiger charge is -2.38. The smallest absolute Gasteiger partial charge is 0.120 e. The maximum atomic E-state index is 10.1. The second kappa shape index (κ2) is 9.36. The van der Waals surface area contributed by atoms with E-state index in [1.165, 1.54) is 6.07 Å². The third-order valence-corrected chi connectivity index (χ3v) is 4.06. The minimum Gasteiger partial charge on any atom is -0.508 e. The molecule has 0 spiro atoms. The molecule has 0 saturated carbocycles. The van der Waals surface area contributed by atoms with E-state index in [1.807, 2.05) is 0 Å². The largest absolute Gasteiger partial charge is 0.508 e. The molecule has 1 aliphatic rings. The molecule has 1 unspecified atom stereocenters. The second-order valence-corrected chi connectivity index (χ2v) is 5.36. The van der Waals surface area contributed by atoms with Crippen molar-refractivity contribution in [2.45, 2.75) is 26.3 Å². The number of hydrogen-bond donors (Lipinski definition) is 3. The van der Waals surface area contributed by atoms with Crippen LogP contribution in [0.2, 0.25) is 0 Å². The van der Waals surface area contributed by atoms with Gasteiger partial charge in [-0.25, -0.2) is 0 Å². The third-order valence-electron chi connectivity index (χ3n) is 4.06. The Morgan fingerprint density at radius 2 is 1.81 bits per heavy atom. The lowest BCUT2D eigenvalue weighted by molar-refractivity contribution is 0.126. The number of phenolic OH excluding ortho intramolecular Hbond substituents is 2. The summed E-state index contributed by atoms with van der Waals surface area (Å²) in [5.74, 6) is 0.934. The van der Waals surface area contributed by atoms with Crippen molar-refractivity contribution < 1.29 is 10.2 Å². The molecule has 0 aliphatic carbocycles. The first-order valence-corrected chi connectivity index (χ1v) is 7.10. The van der Waals surface area contributed by atoms with Crippen LogP contribution in [0.1, 0.15) is 31.9 Å². The van der Waals surface area contributed by atoms with Gasteiger partial charge in [0.05, 0.1) is 0 Å². The first kappa shape index (κ1) is 20.3. The second-order valence-electron chi connectivity index (χ2n) is 5.36. The number of nitrogens with zero attached hydrogens (tertiary/aromatic N) is 1. The Morgan fingerprint density at radius 1 is 1.19 bits per heavy atom. The molecule has 2 atom stereocenters. The van der Waals surface area contributed by atoms with Gasteiger partial charge in [-0.05, 0) is 24.1 Å². The van der Waals surface area contributed by atoms with Crippen LogP contribution < -0.4 is 5.32 Å². The van der Waals surface area contributed by atoms with Crippen LogP contribution in [-0.4, -0.2) is 41.3 Å². The van der Waals surface area contributed by atoms with Gasteiger partial charge in [-0.2, -0.15) is 0 Å². The van der Waals surface area contributed by atoms with E-state index < -0.39 is 0 Å². The highest BCUT2D eigenvalue weighted by molar-refractivity contribution is 5.85. The first-order valence-electron chi connectivity index (χ1n) is 7.10. The Labute approximate surface area is 139 Å². The molecule has 1 heterocycles. The summed E-state index contributed by atoms with van der Waals surface area (Å²) in [6, 6.07) is 4.99. The molecule has 21 heavy (non-hydrogen) atoms. The Morgan fingerprint density at radius 3 is 2.38 bits per heavy atom. The van der Waals surface area contributed by atoms with Crippen LogP contribution >= 0.6 is 24.8 Å². The van der Waals surface area contributed by atoms with E-state index in [9.17, 15) is 10.2 Å². The van der Waals surface area contributed by atoms with Crippen molar-refractivity contribution in [3.05, 3.63) is 23.8 Å². The zero-order valence-electron chi connectivity index (χ0n) is 12.6. The van der Waals surface area contributed by atoms with E-state index in [4.69, 9.17) is 0 Å². The summed E-state index contributed by atoms with van der Waals surface area (Å²) in [6.45, 7) is 8.28. The predicted molar refractivity (Wildman–Crippen MR) is 90.9 cm³/mol. The van der Waals surface area contributed by atoms with Gasteiger partial charge in [0.1, 0.15) is 11.5 Å². The average Bonchev–Trinajstić information content (AvgIpc) is 2.44. The van der Waals surface area contributed by atoms with Gasteiger partial charge >= 0.3 is 0 Å². The van der Waals surface area contributed by atoms with E-state index in [0.717, 1.165) is 38.2 Å². The molecule has 4 nitrogen and oxygen atoms in total. The van der Waals surface area contributed by atoms with Crippen molar-refractivity contribution in [1.82, 2.24) is 10.2 Å². The fraction of sp³-hybridized carbons (Fsp3) is 0.600. The minimum atomic E-state index is 0. The summed E-state index contributed by atoms with van der Waals surface area (Å²) in [7, 11) is 0. The summed E-state index contributed by atoms with van der Waals surface area (Å²) >= 11 is 0. The number of hydrogen-bond acceptors (Lipinski definition) is 4. The van der Waals surface area contributed by atoms with Crippen LogP contribution in [0.5, 0.6) is 11.5 Å². The monoisotopic (exact) mass is 336 g/mol. The number of rotatable bonds is 4. The number of phenols is 2. The molecule has 1 saturated heterocycles. The van der Waals surface area contributed by atoms with E-state index in [-0.39, 0.29) is 42.4 Å². The van der Waals surface area contributed by atoms with Crippen molar-refractivity contribution in [3.63, 3.8) is 0 Å². The predicted octanol–water partition coefficient (Wildman–Crippen LogP) is 2.93. The number of piperazine rings is 1. The van der Waals surface area contributed by atoms with Crippen LogP contribution in [0.4, 0.5) is 0 Å². The highest BCUT2D eigenvalue weighted by atomic mass is 35.5. The molecule has 1 fully saturated rings. The number of aromatic hydroxyl groups is 2. The van der Waals surface area contributed by atoms with Crippen LogP contribution in [0.15, 0.2) is 18.2 Å². The molecule has 3 N–H and O–H groups in total. The Hall–Kier alpha value is -0.680. The van der Waals surface area contributed by atoms with Crippen LogP contribution in [0.25, 0.3) is 0 Å². The lowest BCUT2D eigenvalue weighted by atomic mass is 9.90. The van der Waals surface area contributed by atoms with Crippen LogP contribution in [0, 0.1) is 5.92 Å². The quantitative estimate of drug-likeness (QED) is 0.740. The molecule has 0 amide bonds. The van der Waals surface area contributed by atoms with Gasteiger partial charge in [0.2, 0.25) is 0 Å². The van der Waals surface area contributed by atoms with Gasteiger partial charge in [0.25, 0.3) is 0 Å². The maximum Gasteiger partial charge on any atom is 0.120 e. The molecule has 0 radical (unpaired) electrons. The molecule has 122 valence electrons. The minimum absolute atomic E-state index is 0. The van der Waals surface area contributed by atoms with Crippen LogP contribution in [-0.2, 0) is 0 Å². The van der Waals surface area contributed by atoms with Gasteiger partial charge in [0, 0.05) is 37.8 Å². The van der Waals surface area contributed by atoms with Gasteiger partial charge in [-0.1, -0.05) is 20.3 Å². The summed E-state index contributed by atoms with van der Waals surface area (Å²) in [5.41, 5.74) is 0.844. The maximum absolute atomic E-state index is 10.1. The van der Waals surface area contributed by atoms with E-state index in [2.05, 4.69) is 24.1 Å². The molecule has 1 aromatic rings. The van der Waals surface area contributed by atoms with E-state index in [0.29, 0.717) is 5.92 Å². The number of nitrogens with one attached hydrogen (secondary N) is 1. The van der Waals surface area contributed by atoms with Crippen molar-refractivity contribution in [2.75, 3.05) is 26.2 Å². The molecule has 0 aromatic heterocycles. The zero-order valence-corrected chi connectivity index (χ0v) is 14.2. The van der Waals surface area contributed by atoms with Crippen molar-refractivity contribution in [3.8, 4) is 11.5 Å². The molecule has 2 rings (SSSR count). The fourth-order valence-electron chi connectivity index (χ4n) is 2.83. The summed E-state index contributed by atoms with van der Waals surface area (Å²) in [4.78, 5) is 2.40. The highest BCUT2D eigenvalue weighted by Crippen LogP contribution is 2.37. The third kappa shape index (κ3) is 4.92. The van der Waals surface area contributed by atoms with Gasteiger partial charge in [0.15, 0.2) is 0 Å². The Balaban J connectivity index is 0.00000200. The molecular formula is C15H26Cl2N2O2. The van der Waals surface area contributed by atoms with Crippen molar-refractivity contribution in [1.29, 1.82) is 0 Å². The Bertz CT molecular complexity index is 426. The average molecular weight is 337 g/mol. The molecular weight excluding hydrogens is 311 g/mol. The number of benzene rings is 1. The van der Waals surface area contributed by atoms with Gasteiger partial charge in [-0.15, -0.1) is 24.8 Å². The van der Waals surface area contributed by atoms with E-state index in [1.54, 1.807) is 12.1 Å². The zero-order chi connectivity index (χ0) is 13.8. The highest BCUT2D eigenvalue weighted by Gasteiger charge is 2.28. The van der Waals surface area contributed by atoms with E-state index >= 15 is 0 Å². The standard InChI is InChI=1S/C15H24N2O2.2ClH/c1-3-11(2)15(17-8-6-16-7-9-17)13-10-12(18)4-5-14(13)19;;/h4-5,10-11,15-16,18-19H,3,6-9H2,1-2H3;2*1H/t11?,15-;;/m1../s1. The summed E-state index contributed by atoms with van der Waals surface area (Å²) < 4.78 is 0. The lowest BCUT2D eigenvalue weighted by Crippen LogP contribution is -2.46. The molecule has 0 bridgehead atoms. The Kier molecular flexibility index (Phi) is 9.06. The summed E-state index contributed by atoms with van der Waals surface area (Å²) in [5, 5.41) is 23.2. The van der Waals surface area contributed by atoms with Crippen LogP contribution in [0.3, 0.4) is 0 Å². The first-order chi connectivity index (χ1) is 9.13. The van der Waals surface area contributed by atoms with Gasteiger partial charge < -0.3 is 15.5 Å². The fourth-order valence-corrected chi connectivity index (χ4v) is 2.83. The normalized spacial score (nSPS) is 18.2. The van der Waals surface area contributed by atoms with Crippen molar-refractivity contribution >= 4 is 24.8 Å². The number of halogens is 2. The molecule has 6 heteroatoms. The summed E-state index contributed by atoms with van der Waals surface area (Å²) in [6.07, 6.45) is 1.05. The molecule has 1 aliphatic heterocycles. The topological polar surface area (TPSA) is 55.7 Å². The van der Waals surface area contributed by atoms with Crippen molar-refractivity contribution in [2.24, 2.45) is 5.92 Å². The molecule has 1 aromatic carbocycles. The van der Waals surface area contributed by atoms with Gasteiger partial charge in [-0.3, -0.25) is 4.90 Å².